The Morgan fingerprint density at radius 2 is 1.84 bits per heavy atom. The van der Waals surface area contributed by atoms with E-state index in [1.54, 1.807) is 23.5 Å². The van der Waals surface area contributed by atoms with Crippen molar-refractivity contribution < 1.29 is 17.6 Å². The number of anilines is 2. The highest BCUT2D eigenvalue weighted by molar-refractivity contribution is 7.99. The van der Waals surface area contributed by atoms with E-state index in [0.717, 1.165) is 10.4 Å². The summed E-state index contributed by atoms with van der Waals surface area (Å²) in [5, 5.41) is 5.10. The molecule has 5 rings (SSSR count). The van der Waals surface area contributed by atoms with E-state index in [1.165, 1.54) is 42.2 Å². The summed E-state index contributed by atoms with van der Waals surface area (Å²) in [5.74, 6) is -0.230. The number of oxazole rings is 1. The fourth-order valence-electron chi connectivity index (χ4n) is 3.20. The Hall–Kier alpha value is -4.00. The van der Waals surface area contributed by atoms with Crippen LogP contribution in [-0.4, -0.2) is 35.0 Å². The first-order valence-electron chi connectivity index (χ1n) is 10.9. The summed E-state index contributed by atoms with van der Waals surface area (Å²) in [7, 11) is -3.93. The van der Waals surface area contributed by atoms with E-state index < -0.39 is 10.0 Å². The summed E-state index contributed by atoms with van der Waals surface area (Å²) in [6, 6.07) is 18.8. The van der Waals surface area contributed by atoms with Gasteiger partial charge < -0.3 is 9.73 Å². The second kappa shape index (κ2) is 10.9. The second-order valence-electron chi connectivity index (χ2n) is 7.57. The van der Waals surface area contributed by atoms with Gasteiger partial charge in [-0.2, -0.15) is 0 Å². The summed E-state index contributed by atoms with van der Waals surface area (Å²) in [6.45, 7) is 0. The van der Waals surface area contributed by atoms with Gasteiger partial charge in [-0.3, -0.25) is 4.79 Å². The zero-order valence-corrected chi connectivity index (χ0v) is 21.5. The zero-order chi connectivity index (χ0) is 25.7. The first-order valence-corrected chi connectivity index (χ1v) is 14.3. The molecular formula is C25H19N5O4S3. The lowest BCUT2D eigenvalue weighted by atomic mass is 10.3. The number of carbonyl (C=O) groups is 1. The number of carbonyl (C=O) groups excluding carboxylic acids is 1. The molecule has 3 heterocycles. The Kier molecular flexibility index (Phi) is 7.30. The van der Waals surface area contributed by atoms with Crippen LogP contribution in [0.3, 0.4) is 0 Å². The van der Waals surface area contributed by atoms with Crippen molar-refractivity contribution in [3.63, 3.8) is 0 Å². The Balaban J connectivity index is 1.18. The van der Waals surface area contributed by atoms with Gasteiger partial charge in [0.1, 0.15) is 5.52 Å². The van der Waals surface area contributed by atoms with E-state index >= 15 is 0 Å². The Labute approximate surface area is 220 Å². The minimum atomic E-state index is -3.93. The predicted molar refractivity (Wildman–Crippen MR) is 146 cm³/mol. The molecule has 12 heteroatoms. The first kappa shape index (κ1) is 24.7. The van der Waals surface area contributed by atoms with E-state index in [0.29, 0.717) is 22.2 Å². The molecule has 0 aliphatic rings. The van der Waals surface area contributed by atoms with Gasteiger partial charge in [-0.15, -0.1) is 11.3 Å². The van der Waals surface area contributed by atoms with E-state index in [2.05, 4.69) is 25.0 Å². The van der Waals surface area contributed by atoms with Gasteiger partial charge in [0, 0.05) is 16.8 Å². The third kappa shape index (κ3) is 6.42. The average Bonchev–Trinajstić information content (AvgIpc) is 3.56. The fourth-order valence-corrected chi connectivity index (χ4v) is 5.41. The number of thioether (sulfide) groups is 1. The van der Waals surface area contributed by atoms with Crippen molar-refractivity contribution in [2.45, 2.75) is 10.1 Å². The molecule has 37 heavy (non-hydrogen) atoms. The number of hydrogen-bond acceptors (Lipinski definition) is 9. The number of rotatable bonds is 9. The maximum absolute atomic E-state index is 12.8. The van der Waals surface area contributed by atoms with Crippen LogP contribution < -0.4 is 10.0 Å². The van der Waals surface area contributed by atoms with Crippen LogP contribution in [0.15, 0.2) is 92.8 Å². The molecule has 0 saturated heterocycles. The van der Waals surface area contributed by atoms with E-state index in [4.69, 9.17) is 4.42 Å². The molecular weight excluding hydrogens is 531 g/mol. The Morgan fingerprint density at radius 1 is 1.00 bits per heavy atom. The Bertz CT molecular complexity index is 1630. The number of hydrogen-bond donors (Lipinski definition) is 2. The normalized spacial score (nSPS) is 11.7. The molecule has 9 nitrogen and oxygen atoms in total. The van der Waals surface area contributed by atoms with Gasteiger partial charge in [0.25, 0.3) is 15.2 Å². The summed E-state index contributed by atoms with van der Waals surface area (Å²) in [6.07, 6.45) is 5.16. The van der Waals surface area contributed by atoms with Crippen molar-refractivity contribution in [3.8, 4) is 0 Å². The van der Waals surface area contributed by atoms with Crippen LogP contribution in [0.1, 0.15) is 10.6 Å². The molecule has 2 N–H and O–H groups in total. The summed E-state index contributed by atoms with van der Waals surface area (Å²) in [5.41, 5.74) is 2.40. The molecule has 0 spiro atoms. The molecule has 0 atom stereocenters. The number of nitrogens with one attached hydrogen (secondary N) is 2. The number of aromatic nitrogens is 3. The molecule has 5 aromatic rings. The largest absolute Gasteiger partial charge is 0.431 e. The number of amides is 1. The average molecular weight is 550 g/mol. The van der Waals surface area contributed by atoms with Crippen molar-refractivity contribution in [1.29, 1.82) is 0 Å². The molecule has 0 unspecified atom stereocenters. The quantitative estimate of drug-likeness (QED) is 0.235. The van der Waals surface area contributed by atoms with Crippen molar-refractivity contribution >= 4 is 73.9 Å². The fraction of sp³-hybridized carbons (Fsp3) is 0.0400. The molecule has 2 aromatic carbocycles. The number of nitrogens with zero attached hydrogens (tertiary/aromatic N) is 3. The third-order valence-electron chi connectivity index (χ3n) is 4.91. The zero-order valence-electron chi connectivity index (χ0n) is 19.1. The number of benzene rings is 2. The lowest BCUT2D eigenvalue weighted by molar-refractivity contribution is -0.113. The maximum atomic E-state index is 12.8. The Morgan fingerprint density at radius 3 is 2.62 bits per heavy atom. The minimum Gasteiger partial charge on any atom is -0.431 e. The molecule has 3 aromatic heterocycles. The van der Waals surface area contributed by atoms with Gasteiger partial charge in [-0.05, 0) is 66.1 Å². The van der Waals surface area contributed by atoms with Gasteiger partial charge in [-0.1, -0.05) is 30.0 Å². The van der Waals surface area contributed by atoms with Gasteiger partial charge in [0.2, 0.25) is 11.9 Å². The summed E-state index contributed by atoms with van der Waals surface area (Å²) >= 11 is 2.76. The second-order valence-corrected chi connectivity index (χ2v) is 11.2. The topological polar surface area (TPSA) is 127 Å². The lowest BCUT2D eigenvalue weighted by Gasteiger charge is -2.08. The predicted octanol–water partition coefficient (Wildman–Crippen LogP) is 5.38. The third-order valence-corrected chi connectivity index (χ3v) is 7.92. The summed E-state index contributed by atoms with van der Waals surface area (Å²) in [4.78, 5) is 26.0. The molecule has 0 bridgehead atoms. The van der Waals surface area contributed by atoms with Gasteiger partial charge in [-0.25, -0.2) is 28.1 Å². The monoisotopic (exact) mass is 549 g/mol. The van der Waals surface area contributed by atoms with Crippen molar-refractivity contribution in [2.24, 2.45) is 0 Å². The van der Waals surface area contributed by atoms with Crippen molar-refractivity contribution in [1.82, 2.24) is 15.0 Å². The first-order chi connectivity index (χ1) is 17.9. The highest BCUT2D eigenvalue weighted by Crippen LogP contribution is 2.23. The van der Waals surface area contributed by atoms with Crippen LogP contribution in [0.2, 0.25) is 0 Å². The van der Waals surface area contributed by atoms with E-state index in [9.17, 15) is 13.2 Å². The minimum absolute atomic E-state index is 0.00878. The van der Waals surface area contributed by atoms with Gasteiger partial charge in [0.15, 0.2) is 5.58 Å². The van der Waals surface area contributed by atoms with Crippen molar-refractivity contribution in [2.75, 3.05) is 15.8 Å². The number of sulfonamides is 1. The van der Waals surface area contributed by atoms with Crippen LogP contribution >= 0.6 is 23.1 Å². The molecule has 1 amide bonds. The van der Waals surface area contributed by atoms with Gasteiger partial charge >= 0.3 is 0 Å². The molecule has 0 saturated carbocycles. The molecule has 0 aliphatic heterocycles. The maximum Gasteiger partial charge on any atom is 0.264 e. The summed E-state index contributed by atoms with van der Waals surface area (Å²) < 4.78 is 33.6. The van der Waals surface area contributed by atoms with Crippen molar-refractivity contribution in [3.05, 3.63) is 88.9 Å². The number of fused-ring (bicyclic) bond motifs is 1. The highest BCUT2D eigenvalue weighted by atomic mass is 32.2. The molecule has 0 fully saturated rings. The standard InChI is InChI=1S/C25H19N5O4S3/c31-23(16-36-25-29-21-5-1-2-6-22(21)34-25)27-17-8-11-20(12-9-17)37(32,33)30-24-26-14-13-18(28-24)7-10-19-4-3-15-35-19/h1-15H,16H2,(H,27,31)(H,26,28,30). The molecule has 0 radical (unpaired) electrons. The van der Waals surface area contributed by atoms with E-state index in [1.807, 2.05) is 47.9 Å². The SMILES string of the molecule is O=C(CSc1nc2ccccc2o1)Nc1ccc(S(=O)(=O)Nc2nccc(C=Cc3cccs3)n2)cc1. The van der Waals surface area contributed by atoms with Crippen LogP contribution in [0.5, 0.6) is 0 Å². The van der Waals surface area contributed by atoms with E-state index in [-0.39, 0.29) is 22.5 Å². The molecule has 186 valence electrons. The number of thiophene rings is 1. The molecule has 0 aliphatic carbocycles. The van der Waals surface area contributed by atoms with Gasteiger partial charge in [0.05, 0.1) is 16.3 Å². The van der Waals surface area contributed by atoms with Crippen LogP contribution in [0, 0.1) is 0 Å². The number of para-hydroxylation sites is 2. The van der Waals surface area contributed by atoms with Crippen LogP contribution in [-0.2, 0) is 14.8 Å². The van der Waals surface area contributed by atoms with Crippen LogP contribution in [0.4, 0.5) is 11.6 Å². The lowest BCUT2D eigenvalue weighted by Crippen LogP contribution is -2.16. The highest BCUT2D eigenvalue weighted by Gasteiger charge is 2.16. The smallest absolute Gasteiger partial charge is 0.264 e. The van der Waals surface area contributed by atoms with Crippen LogP contribution in [0.25, 0.3) is 23.3 Å².